The Morgan fingerprint density at radius 3 is 2.42 bits per heavy atom. The van der Waals surface area contributed by atoms with Crippen LogP contribution in [0.3, 0.4) is 0 Å². The van der Waals surface area contributed by atoms with Gasteiger partial charge in [0.05, 0.1) is 46.1 Å². The maximum atomic E-state index is 13.1. The van der Waals surface area contributed by atoms with Crippen LogP contribution in [0.15, 0.2) is 35.5 Å². The lowest BCUT2D eigenvalue weighted by atomic mass is 9.81. The zero-order chi connectivity index (χ0) is 27.7. The van der Waals surface area contributed by atoms with Gasteiger partial charge in [0, 0.05) is 25.5 Å². The maximum Gasteiger partial charge on any atom is 0.391 e. The van der Waals surface area contributed by atoms with E-state index in [1.165, 1.54) is 12.3 Å². The number of rotatable bonds is 8. The van der Waals surface area contributed by atoms with Crippen LogP contribution in [0.25, 0.3) is 0 Å². The van der Waals surface area contributed by atoms with Gasteiger partial charge in [0.25, 0.3) is 5.91 Å². The Bertz CT molecular complexity index is 1240. The summed E-state index contributed by atoms with van der Waals surface area (Å²) in [6.45, 7) is 7.27. The largest absolute Gasteiger partial charge is 0.391 e. The van der Waals surface area contributed by atoms with E-state index in [9.17, 15) is 26.4 Å². The maximum absolute atomic E-state index is 13.1. The van der Waals surface area contributed by atoms with Crippen molar-refractivity contribution in [2.45, 2.75) is 76.7 Å². The molecule has 0 aromatic carbocycles. The summed E-state index contributed by atoms with van der Waals surface area (Å²) in [6.07, 6.45) is 0.279. The molecule has 1 N–H and O–H groups in total. The van der Waals surface area contributed by atoms with Crippen molar-refractivity contribution in [1.82, 2.24) is 20.2 Å². The van der Waals surface area contributed by atoms with E-state index in [2.05, 4.69) is 34.0 Å². The molecule has 0 bridgehead atoms. The highest BCUT2D eigenvalue weighted by atomic mass is 32.2. The van der Waals surface area contributed by atoms with E-state index in [1.54, 1.807) is 19.2 Å². The normalized spacial score (nSPS) is 22.4. The number of sulfone groups is 1. The van der Waals surface area contributed by atoms with Crippen LogP contribution in [-0.2, 0) is 22.9 Å². The molecule has 11 heteroatoms. The number of hydrogen-bond donors (Lipinski definition) is 1. The highest BCUT2D eigenvalue weighted by molar-refractivity contribution is 7.91. The van der Waals surface area contributed by atoms with Gasteiger partial charge in [-0.25, -0.2) is 8.42 Å². The fourth-order valence-electron chi connectivity index (χ4n) is 5.59. The molecule has 3 heterocycles. The van der Waals surface area contributed by atoms with E-state index in [-0.39, 0.29) is 53.8 Å². The summed E-state index contributed by atoms with van der Waals surface area (Å²) in [7, 11) is -3.34. The quantitative estimate of drug-likeness (QED) is 0.491. The summed E-state index contributed by atoms with van der Waals surface area (Å²) in [5.74, 6) is -1.02. The first-order valence-corrected chi connectivity index (χ1v) is 14.8. The Balaban J connectivity index is 1.38. The number of fused-ring (bicyclic) bond motifs is 1. The number of nitrogens with zero attached hydrogens (tertiary/aromatic N) is 3. The predicted molar refractivity (Wildman–Crippen MR) is 137 cm³/mol. The van der Waals surface area contributed by atoms with Gasteiger partial charge < -0.3 is 5.32 Å². The van der Waals surface area contributed by atoms with Crippen molar-refractivity contribution in [3.05, 3.63) is 53.1 Å². The average molecular weight is 553 g/mol. The standard InChI is InChI=1S/C27H35F3N4O3S/c1-4-38(36,37)23-10-9-22(31-14-23)13-33-26(35)19-11-20-16-34(25(17(2)3)24(20)32-12-19)15-18-5-7-21(8-6-18)27(28,29)30/h9-12,14,17-18,21,25H,4-8,13,15-16H2,1-3H3,(H,33,35)/t18-,21-,25-/m1/s1. The van der Waals surface area contributed by atoms with Gasteiger partial charge in [-0.3, -0.25) is 19.7 Å². The molecule has 4 rings (SSSR count). The first kappa shape index (κ1) is 28.5. The predicted octanol–water partition coefficient (Wildman–Crippen LogP) is 5.08. The smallest absolute Gasteiger partial charge is 0.346 e. The molecular weight excluding hydrogens is 517 g/mol. The third-order valence-corrected chi connectivity index (χ3v) is 9.43. The van der Waals surface area contributed by atoms with Crippen LogP contribution in [0.1, 0.15) is 79.8 Å². The zero-order valence-electron chi connectivity index (χ0n) is 22.0. The summed E-state index contributed by atoms with van der Waals surface area (Å²) >= 11 is 0. The zero-order valence-corrected chi connectivity index (χ0v) is 22.8. The van der Waals surface area contributed by atoms with E-state index < -0.39 is 21.9 Å². The molecule has 1 atom stereocenters. The molecular formula is C27H35F3N4O3S. The number of alkyl halides is 3. The number of halogens is 3. The third kappa shape index (κ3) is 6.36. The monoisotopic (exact) mass is 552 g/mol. The second-order valence-corrected chi connectivity index (χ2v) is 13.0. The van der Waals surface area contributed by atoms with Gasteiger partial charge in [0.2, 0.25) is 0 Å². The minimum absolute atomic E-state index is 0.00956. The molecule has 1 aliphatic heterocycles. The molecule has 2 aromatic heterocycles. The molecule has 38 heavy (non-hydrogen) atoms. The lowest BCUT2D eigenvalue weighted by Gasteiger charge is -2.35. The number of carbonyl (C=O) groups excluding carboxylic acids is 1. The summed E-state index contributed by atoms with van der Waals surface area (Å²) in [5, 5.41) is 2.81. The Hall–Kier alpha value is -2.53. The van der Waals surface area contributed by atoms with Crippen LogP contribution in [0, 0.1) is 17.8 Å². The topological polar surface area (TPSA) is 92.3 Å². The second-order valence-electron chi connectivity index (χ2n) is 10.7. The van der Waals surface area contributed by atoms with E-state index in [0.29, 0.717) is 30.6 Å². The Labute approximate surface area is 222 Å². The van der Waals surface area contributed by atoms with Crippen molar-refractivity contribution < 1.29 is 26.4 Å². The van der Waals surface area contributed by atoms with Crippen LogP contribution in [-0.4, -0.2) is 47.7 Å². The van der Waals surface area contributed by atoms with Gasteiger partial charge in [0.15, 0.2) is 9.84 Å². The van der Waals surface area contributed by atoms with Gasteiger partial charge in [-0.05, 0) is 61.3 Å². The molecule has 1 aliphatic carbocycles. The highest BCUT2D eigenvalue weighted by Crippen LogP contribution is 2.43. The molecule has 2 aromatic rings. The molecule has 2 aliphatic rings. The lowest BCUT2D eigenvalue weighted by molar-refractivity contribution is -0.184. The fraction of sp³-hybridized carbons (Fsp3) is 0.593. The number of carbonyl (C=O) groups is 1. The van der Waals surface area contributed by atoms with Gasteiger partial charge >= 0.3 is 6.18 Å². The molecule has 208 valence electrons. The molecule has 0 radical (unpaired) electrons. The van der Waals surface area contributed by atoms with Gasteiger partial charge in [0.1, 0.15) is 0 Å². The van der Waals surface area contributed by atoms with Crippen molar-refractivity contribution in [1.29, 1.82) is 0 Å². The number of pyridine rings is 2. The van der Waals surface area contributed by atoms with E-state index in [1.807, 2.05) is 6.07 Å². The summed E-state index contributed by atoms with van der Waals surface area (Å²) < 4.78 is 63.1. The van der Waals surface area contributed by atoms with Crippen molar-refractivity contribution >= 4 is 15.7 Å². The minimum atomic E-state index is -4.11. The van der Waals surface area contributed by atoms with Crippen LogP contribution in [0.4, 0.5) is 13.2 Å². The molecule has 0 unspecified atom stereocenters. The number of hydrogen-bond acceptors (Lipinski definition) is 6. The third-order valence-electron chi connectivity index (χ3n) is 7.71. The van der Waals surface area contributed by atoms with Crippen molar-refractivity contribution in [2.24, 2.45) is 17.8 Å². The van der Waals surface area contributed by atoms with Gasteiger partial charge in [-0.15, -0.1) is 0 Å². The van der Waals surface area contributed by atoms with E-state index >= 15 is 0 Å². The first-order chi connectivity index (χ1) is 17.9. The van der Waals surface area contributed by atoms with E-state index in [4.69, 9.17) is 0 Å². The lowest BCUT2D eigenvalue weighted by Crippen LogP contribution is -2.35. The number of nitrogens with one attached hydrogen (secondary N) is 1. The Kier molecular flexibility index (Phi) is 8.46. The minimum Gasteiger partial charge on any atom is -0.346 e. The molecule has 7 nitrogen and oxygen atoms in total. The number of aromatic nitrogens is 2. The molecule has 1 amide bonds. The Morgan fingerprint density at radius 2 is 1.84 bits per heavy atom. The number of amides is 1. The summed E-state index contributed by atoms with van der Waals surface area (Å²) in [4.78, 5) is 24.1. The van der Waals surface area contributed by atoms with Crippen LogP contribution >= 0.6 is 0 Å². The first-order valence-electron chi connectivity index (χ1n) is 13.1. The average Bonchev–Trinajstić information content (AvgIpc) is 3.24. The van der Waals surface area contributed by atoms with Crippen LogP contribution in [0.5, 0.6) is 0 Å². The summed E-state index contributed by atoms with van der Waals surface area (Å²) in [6, 6.07) is 4.97. The van der Waals surface area contributed by atoms with Gasteiger partial charge in [-0.1, -0.05) is 20.8 Å². The SMILES string of the molecule is CCS(=O)(=O)c1ccc(CNC(=O)c2cnc3c(c2)CN(C[C@H]2CC[C@H](C(F)(F)F)CC2)[C@@H]3C(C)C)nc1. The molecule has 1 saturated carbocycles. The second kappa shape index (κ2) is 11.3. The van der Waals surface area contributed by atoms with Crippen molar-refractivity contribution in [3.63, 3.8) is 0 Å². The van der Waals surface area contributed by atoms with E-state index in [0.717, 1.165) is 17.8 Å². The molecule has 1 fully saturated rings. The highest BCUT2D eigenvalue weighted by Gasteiger charge is 2.42. The van der Waals surface area contributed by atoms with Gasteiger partial charge in [-0.2, -0.15) is 13.2 Å². The van der Waals surface area contributed by atoms with Crippen LogP contribution < -0.4 is 5.32 Å². The fourth-order valence-corrected chi connectivity index (χ4v) is 6.41. The molecule has 0 spiro atoms. The Morgan fingerprint density at radius 1 is 1.13 bits per heavy atom. The molecule has 0 saturated heterocycles. The summed E-state index contributed by atoms with van der Waals surface area (Å²) in [5.41, 5.74) is 2.85. The van der Waals surface area contributed by atoms with Crippen molar-refractivity contribution in [3.8, 4) is 0 Å². The van der Waals surface area contributed by atoms with Crippen LogP contribution in [0.2, 0.25) is 0 Å². The van der Waals surface area contributed by atoms with Crippen molar-refractivity contribution in [2.75, 3.05) is 12.3 Å².